The third-order valence-corrected chi connectivity index (χ3v) is 4.43. The molecule has 2 nitrogen and oxygen atoms in total. The lowest BCUT2D eigenvalue weighted by atomic mass is 9.80. The monoisotopic (exact) mass is 225 g/mol. The Bertz CT molecular complexity index is 199. The van der Waals surface area contributed by atoms with Crippen LogP contribution in [0.1, 0.15) is 51.9 Å². The van der Waals surface area contributed by atoms with Crippen molar-refractivity contribution in [2.45, 2.75) is 58.0 Å². The summed E-state index contributed by atoms with van der Waals surface area (Å²) in [6, 6.07) is 0. The van der Waals surface area contributed by atoms with Gasteiger partial charge in [0.2, 0.25) is 0 Å². The zero-order chi connectivity index (χ0) is 11.4. The minimum absolute atomic E-state index is 0.0450. The summed E-state index contributed by atoms with van der Waals surface area (Å²) < 4.78 is 0. The molecule has 2 rings (SSSR count). The Morgan fingerprint density at radius 1 is 1.06 bits per heavy atom. The Hall–Kier alpha value is -0.0800. The van der Waals surface area contributed by atoms with E-state index in [2.05, 4.69) is 11.8 Å². The number of β-amino-alcohol motifs (C(OH)–C–C–N with tert-alkyl or cyclic N) is 1. The predicted octanol–water partition coefficient (Wildman–Crippen LogP) is 2.66. The normalized spacial score (nSPS) is 36.8. The van der Waals surface area contributed by atoms with Gasteiger partial charge < -0.3 is 10.0 Å². The molecule has 94 valence electrons. The molecule has 1 aliphatic heterocycles. The van der Waals surface area contributed by atoms with Crippen molar-refractivity contribution in [2.75, 3.05) is 19.6 Å². The molecule has 16 heavy (non-hydrogen) atoms. The molecule has 0 aromatic rings. The molecule has 2 fully saturated rings. The van der Waals surface area contributed by atoms with Gasteiger partial charge in [0, 0.05) is 19.6 Å². The largest absolute Gasteiger partial charge is 0.392 e. The van der Waals surface area contributed by atoms with E-state index in [0.717, 1.165) is 31.3 Å². The van der Waals surface area contributed by atoms with Crippen LogP contribution in [0, 0.1) is 11.8 Å². The predicted molar refractivity (Wildman–Crippen MR) is 67.4 cm³/mol. The summed E-state index contributed by atoms with van der Waals surface area (Å²) in [5.41, 5.74) is 0. The molecule has 0 aromatic heterocycles. The smallest absolute Gasteiger partial charge is 0.0679 e. The molecule has 1 aliphatic carbocycles. The van der Waals surface area contributed by atoms with Crippen molar-refractivity contribution in [2.24, 2.45) is 11.8 Å². The molecule has 0 amide bonds. The average molecular weight is 225 g/mol. The van der Waals surface area contributed by atoms with Crippen molar-refractivity contribution in [1.29, 1.82) is 0 Å². The maximum Gasteiger partial charge on any atom is 0.0679 e. The molecule has 2 aliphatic rings. The summed E-state index contributed by atoms with van der Waals surface area (Å²) in [4.78, 5) is 2.47. The maximum absolute atomic E-state index is 9.50. The van der Waals surface area contributed by atoms with Crippen LogP contribution in [-0.2, 0) is 0 Å². The van der Waals surface area contributed by atoms with Gasteiger partial charge in [0.15, 0.2) is 0 Å². The molecular weight excluding hydrogens is 198 g/mol. The highest BCUT2D eigenvalue weighted by atomic mass is 16.3. The number of rotatable bonds is 4. The van der Waals surface area contributed by atoms with Crippen LogP contribution in [0.15, 0.2) is 0 Å². The minimum atomic E-state index is -0.0450. The zero-order valence-corrected chi connectivity index (χ0v) is 10.7. The van der Waals surface area contributed by atoms with Gasteiger partial charge in [-0.25, -0.2) is 0 Å². The van der Waals surface area contributed by atoms with Gasteiger partial charge in [-0.05, 0) is 31.1 Å². The number of likely N-dealkylation sites (tertiary alicyclic amines) is 1. The lowest BCUT2D eigenvalue weighted by Crippen LogP contribution is -2.30. The highest BCUT2D eigenvalue weighted by Gasteiger charge is 2.26. The summed E-state index contributed by atoms with van der Waals surface area (Å²) >= 11 is 0. The summed E-state index contributed by atoms with van der Waals surface area (Å²) in [5.74, 6) is 1.93. The number of nitrogens with zero attached hydrogens (tertiary/aromatic N) is 1. The first-order chi connectivity index (χ1) is 7.78. The number of aliphatic hydroxyl groups is 1. The molecule has 1 saturated heterocycles. The van der Waals surface area contributed by atoms with Gasteiger partial charge >= 0.3 is 0 Å². The molecule has 0 bridgehead atoms. The fourth-order valence-corrected chi connectivity index (χ4v) is 3.45. The fourth-order valence-electron chi connectivity index (χ4n) is 3.45. The zero-order valence-electron chi connectivity index (χ0n) is 10.7. The summed E-state index contributed by atoms with van der Waals surface area (Å²) in [6.07, 6.45) is 9.50. The van der Waals surface area contributed by atoms with Crippen LogP contribution in [0.2, 0.25) is 0 Å². The topological polar surface area (TPSA) is 23.5 Å². The summed E-state index contributed by atoms with van der Waals surface area (Å²) in [5, 5.41) is 9.50. The van der Waals surface area contributed by atoms with Crippen LogP contribution in [0.25, 0.3) is 0 Å². The van der Waals surface area contributed by atoms with Crippen LogP contribution in [0.4, 0.5) is 0 Å². The second kappa shape index (κ2) is 6.02. The van der Waals surface area contributed by atoms with Crippen LogP contribution >= 0.6 is 0 Å². The van der Waals surface area contributed by atoms with E-state index in [4.69, 9.17) is 0 Å². The number of hydrogen-bond acceptors (Lipinski definition) is 2. The standard InChI is InChI=1S/C14H27NO/c1-2-3-12-4-6-13(7-5-12)10-15-9-8-14(16)11-15/h12-14,16H,2-11H2,1H3/t12?,13?,14-/m1/s1. The molecule has 0 spiro atoms. The maximum atomic E-state index is 9.50. The highest BCUT2D eigenvalue weighted by molar-refractivity contribution is 4.79. The Morgan fingerprint density at radius 2 is 1.75 bits per heavy atom. The van der Waals surface area contributed by atoms with Gasteiger partial charge in [-0.15, -0.1) is 0 Å². The molecule has 2 heteroatoms. The van der Waals surface area contributed by atoms with Gasteiger partial charge in [0.1, 0.15) is 0 Å². The first-order valence-electron chi connectivity index (χ1n) is 7.18. The van der Waals surface area contributed by atoms with Crippen molar-refractivity contribution < 1.29 is 5.11 Å². The van der Waals surface area contributed by atoms with Crippen LogP contribution in [0.3, 0.4) is 0 Å². The van der Waals surface area contributed by atoms with E-state index in [1.807, 2.05) is 0 Å². The van der Waals surface area contributed by atoms with Gasteiger partial charge in [0.25, 0.3) is 0 Å². The van der Waals surface area contributed by atoms with E-state index >= 15 is 0 Å². The Balaban J connectivity index is 1.65. The molecule has 1 heterocycles. The Kier molecular flexibility index (Phi) is 4.66. The van der Waals surface area contributed by atoms with Crippen LogP contribution in [0.5, 0.6) is 0 Å². The molecule has 1 saturated carbocycles. The third-order valence-electron chi connectivity index (χ3n) is 4.43. The molecule has 0 unspecified atom stereocenters. The van der Waals surface area contributed by atoms with Crippen molar-refractivity contribution in [3.8, 4) is 0 Å². The lowest BCUT2D eigenvalue weighted by molar-refractivity contribution is 0.156. The lowest BCUT2D eigenvalue weighted by Gasteiger charge is -2.31. The van der Waals surface area contributed by atoms with Crippen molar-refractivity contribution in [1.82, 2.24) is 4.90 Å². The number of hydrogen-bond donors (Lipinski definition) is 1. The quantitative estimate of drug-likeness (QED) is 0.795. The fraction of sp³-hybridized carbons (Fsp3) is 1.00. The second-order valence-corrected chi connectivity index (χ2v) is 5.88. The Morgan fingerprint density at radius 3 is 2.31 bits per heavy atom. The van der Waals surface area contributed by atoms with Crippen molar-refractivity contribution in [3.63, 3.8) is 0 Å². The molecule has 0 aromatic carbocycles. The first kappa shape index (κ1) is 12.4. The van der Waals surface area contributed by atoms with Gasteiger partial charge in [-0.2, -0.15) is 0 Å². The van der Waals surface area contributed by atoms with E-state index in [9.17, 15) is 5.11 Å². The SMILES string of the molecule is CCCC1CCC(CN2CC[C@@H](O)C2)CC1. The molecule has 1 N–H and O–H groups in total. The van der Waals surface area contributed by atoms with E-state index < -0.39 is 0 Å². The van der Waals surface area contributed by atoms with E-state index in [-0.39, 0.29) is 6.10 Å². The molecule has 0 radical (unpaired) electrons. The molecule has 1 atom stereocenters. The first-order valence-corrected chi connectivity index (χ1v) is 7.18. The Labute approximate surface area is 100 Å². The van der Waals surface area contributed by atoms with Gasteiger partial charge in [-0.1, -0.05) is 32.6 Å². The van der Waals surface area contributed by atoms with Gasteiger partial charge in [0.05, 0.1) is 6.10 Å². The van der Waals surface area contributed by atoms with E-state index in [0.29, 0.717) is 0 Å². The minimum Gasteiger partial charge on any atom is -0.392 e. The second-order valence-electron chi connectivity index (χ2n) is 5.88. The molecular formula is C14H27NO. The number of aliphatic hydroxyl groups excluding tert-OH is 1. The van der Waals surface area contributed by atoms with Crippen molar-refractivity contribution >= 4 is 0 Å². The van der Waals surface area contributed by atoms with Gasteiger partial charge in [-0.3, -0.25) is 0 Å². The highest BCUT2D eigenvalue weighted by Crippen LogP contribution is 2.32. The van der Waals surface area contributed by atoms with Crippen molar-refractivity contribution in [3.05, 3.63) is 0 Å². The van der Waals surface area contributed by atoms with E-state index in [1.54, 1.807) is 0 Å². The van der Waals surface area contributed by atoms with E-state index in [1.165, 1.54) is 45.1 Å². The van der Waals surface area contributed by atoms with Crippen LogP contribution in [-0.4, -0.2) is 35.7 Å². The average Bonchev–Trinajstić information content (AvgIpc) is 2.67. The van der Waals surface area contributed by atoms with Crippen LogP contribution < -0.4 is 0 Å². The third kappa shape index (κ3) is 3.46. The summed E-state index contributed by atoms with van der Waals surface area (Å²) in [7, 11) is 0. The summed E-state index contributed by atoms with van der Waals surface area (Å²) in [6.45, 7) is 5.60.